The van der Waals surface area contributed by atoms with E-state index in [0.717, 1.165) is 48.3 Å². The maximum absolute atomic E-state index is 12.7. The molecule has 5 heteroatoms. The number of aromatic nitrogens is 2. The quantitative estimate of drug-likeness (QED) is 0.910. The second-order valence-corrected chi connectivity index (χ2v) is 6.76. The molecule has 5 nitrogen and oxygen atoms in total. The van der Waals surface area contributed by atoms with E-state index in [1.54, 1.807) is 7.11 Å². The van der Waals surface area contributed by atoms with E-state index < -0.39 is 0 Å². The van der Waals surface area contributed by atoms with Crippen molar-refractivity contribution in [1.29, 1.82) is 0 Å². The van der Waals surface area contributed by atoms with E-state index in [1.807, 2.05) is 12.1 Å². The number of amides is 1. The third-order valence-electron chi connectivity index (χ3n) is 5.25. The number of hydrogen-bond donors (Lipinski definition) is 2. The molecule has 0 saturated heterocycles. The average Bonchev–Trinajstić information content (AvgIpc) is 3.06. The van der Waals surface area contributed by atoms with E-state index in [1.165, 1.54) is 24.8 Å². The lowest BCUT2D eigenvalue weighted by molar-refractivity contribution is 0.0921. The standard InChI is InChI=1S/C19H23N3O2/c1-24-14-8-10-15-12(11-14)7-9-16-17(15)21-22-18(16)19(23)20-13-5-3-2-4-6-13/h8,10-11,13H,2-7,9H2,1H3,(H,20,23)(H,21,22). The predicted molar refractivity (Wildman–Crippen MR) is 92.3 cm³/mol. The Morgan fingerprint density at radius 1 is 1.25 bits per heavy atom. The molecule has 4 rings (SSSR count). The van der Waals surface area contributed by atoms with Gasteiger partial charge in [-0.1, -0.05) is 19.3 Å². The summed E-state index contributed by atoms with van der Waals surface area (Å²) in [5.41, 5.74) is 4.92. The van der Waals surface area contributed by atoms with Gasteiger partial charge < -0.3 is 10.1 Å². The summed E-state index contributed by atoms with van der Waals surface area (Å²) in [7, 11) is 1.68. The molecule has 24 heavy (non-hydrogen) atoms. The summed E-state index contributed by atoms with van der Waals surface area (Å²) in [6.07, 6.45) is 7.62. The van der Waals surface area contributed by atoms with Crippen molar-refractivity contribution in [3.05, 3.63) is 35.0 Å². The van der Waals surface area contributed by atoms with Crippen LogP contribution in [0.2, 0.25) is 0 Å². The van der Waals surface area contributed by atoms with Crippen molar-refractivity contribution in [3.63, 3.8) is 0 Å². The van der Waals surface area contributed by atoms with Crippen LogP contribution in [-0.4, -0.2) is 29.3 Å². The number of nitrogens with zero attached hydrogens (tertiary/aromatic N) is 1. The zero-order chi connectivity index (χ0) is 16.5. The lowest BCUT2D eigenvalue weighted by atomic mass is 9.88. The Kier molecular flexibility index (Phi) is 4.00. The van der Waals surface area contributed by atoms with Crippen molar-refractivity contribution in [2.45, 2.75) is 51.0 Å². The van der Waals surface area contributed by atoms with E-state index in [-0.39, 0.29) is 5.91 Å². The lowest BCUT2D eigenvalue weighted by Crippen LogP contribution is -2.36. The summed E-state index contributed by atoms with van der Waals surface area (Å²) in [5, 5.41) is 10.6. The number of aryl methyl sites for hydroxylation is 1. The molecule has 0 unspecified atom stereocenters. The van der Waals surface area contributed by atoms with Gasteiger partial charge in [0.2, 0.25) is 0 Å². The van der Waals surface area contributed by atoms with Crippen molar-refractivity contribution in [2.24, 2.45) is 0 Å². The number of hydrogen-bond acceptors (Lipinski definition) is 3. The number of H-pyrrole nitrogens is 1. The van der Waals surface area contributed by atoms with Gasteiger partial charge in [0.25, 0.3) is 5.91 Å². The zero-order valence-corrected chi connectivity index (χ0v) is 14.0. The summed E-state index contributed by atoms with van der Waals surface area (Å²) in [5.74, 6) is 0.857. The van der Waals surface area contributed by atoms with Crippen LogP contribution in [0.1, 0.15) is 53.7 Å². The van der Waals surface area contributed by atoms with Gasteiger partial charge >= 0.3 is 0 Å². The number of nitrogens with one attached hydrogen (secondary N) is 2. The predicted octanol–water partition coefficient (Wildman–Crippen LogP) is 3.25. The average molecular weight is 325 g/mol. The summed E-state index contributed by atoms with van der Waals surface area (Å²) in [4.78, 5) is 12.7. The fraction of sp³-hybridized carbons (Fsp3) is 0.474. The van der Waals surface area contributed by atoms with Gasteiger partial charge in [-0.05, 0) is 49.4 Å². The third kappa shape index (κ3) is 2.68. The summed E-state index contributed by atoms with van der Waals surface area (Å²) < 4.78 is 5.30. The highest BCUT2D eigenvalue weighted by molar-refractivity contribution is 5.96. The monoisotopic (exact) mass is 325 g/mol. The van der Waals surface area contributed by atoms with Crippen LogP contribution in [0, 0.1) is 0 Å². The van der Waals surface area contributed by atoms with Crippen molar-refractivity contribution < 1.29 is 9.53 Å². The van der Waals surface area contributed by atoms with Crippen LogP contribution in [0.5, 0.6) is 5.75 Å². The molecule has 0 atom stereocenters. The molecule has 0 bridgehead atoms. The molecule has 0 spiro atoms. The zero-order valence-electron chi connectivity index (χ0n) is 14.0. The first-order valence-electron chi connectivity index (χ1n) is 8.81. The molecule has 0 aliphatic heterocycles. The third-order valence-corrected chi connectivity index (χ3v) is 5.25. The highest BCUT2D eigenvalue weighted by atomic mass is 16.5. The fourth-order valence-corrected chi connectivity index (χ4v) is 3.92. The van der Waals surface area contributed by atoms with E-state index in [0.29, 0.717) is 11.7 Å². The first-order chi connectivity index (χ1) is 11.8. The minimum atomic E-state index is -0.00684. The molecule has 1 aromatic carbocycles. The number of fused-ring (bicyclic) bond motifs is 3. The van der Waals surface area contributed by atoms with Crippen molar-refractivity contribution >= 4 is 5.91 Å². The van der Waals surface area contributed by atoms with Gasteiger partial charge in [0.1, 0.15) is 11.4 Å². The molecule has 1 heterocycles. The van der Waals surface area contributed by atoms with E-state index in [9.17, 15) is 4.79 Å². The lowest BCUT2D eigenvalue weighted by Gasteiger charge is -2.23. The fourth-order valence-electron chi connectivity index (χ4n) is 3.92. The molecule has 1 amide bonds. The van der Waals surface area contributed by atoms with Crippen LogP contribution in [0.3, 0.4) is 0 Å². The normalized spacial score (nSPS) is 17.0. The summed E-state index contributed by atoms with van der Waals surface area (Å²) >= 11 is 0. The number of methoxy groups -OCH3 is 1. The second kappa shape index (κ2) is 6.30. The molecule has 2 aliphatic carbocycles. The van der Waals surface area contributed by atoms with Crippen LogP contribution >= 0.6 is 0 Å². The SMILES string of the molecule is COc1ccc2c(c1)CCc1c-2n[nH]c1C(=O)NC1CCCCC1. The number of ether oxygens (including phenoxy) is 1. The Morgan fingerprint density at radius 3 is 2.88 bits per heavy atom. The highest BCUT2D eigenvalue weighted by Crippen LogP contribution is 2.35. The van der Waals surface area contributed by atoms with Gasteiger partial charge in [-0.25, -0.2) is 0 Å². The first-order valence-corrected chi connectivity index (χ1v) is 8.81. The van der Waals surface area contributed by atoms with Gasteiger partial charge in [0.05, 0.1) is 12.8 Å². The van der Waals surface area contributed by atoms with Crippen LogP contribution in [0.15, 0.2) is 18.2 Å². The molecule has 2 aliphatic rings. The van der Waals surface area contributed by atoms with Crippen molar-refractivity contribution in [3.8, 4) is 17.0 Å². The maximum Gasteiger partial charge on any atom is 0.269 e. The van der Waals surface area contributed by atoms with E-state index in [4.69, 9.17) is 4.74 Å². The topological polar surface area (TPSA) is 67.0 Å². The molecule has 126 valence electrons. The smallest absolute Gasteiger partial charge is 0.269 e. The van der Waals surface area contributed by atoms with Crippen LogP contribution in [0.25, 0.3) is 11.3 Å². The maximum atomic E-state index is 12.7. The molecular weight excluding hydrogens is 302 g/mol. The van der Waals surface area contributed by atoms with Gasteiger partial charge in [-0.3, -0.25) is 9.89 Å². The van der Waals surface area contributed by atoms with E-state index >= 15 is 0 Å². The van der Waals surface area contributed by atoms with Crippen LogP contribution < -0.4 is 10.1 Å². The Labute approximate surface area is 141 Å². The largest absolute Gasteiger partial charge is 0.497 e. The van der Waals surface area contributed by atoms with Crippen molar-refractivity contribution in [2.75, 3.05) is 7.11 Å². The Morgan fingerprint density at radius 2 is 2.08 bits per heavy atom. The number of carbonyl (C=O) groups is 1. The molecule has 1 saturated carbocycles. The Bertz CT molecular complexity index is 760. The minimum Gasteiger partial charge on any atom is -0.497 e. The number of benzene rings is 1. The number of rotatable bonds is 3. The molecule has 2 aromatic rings. The molecule has 1 aromatic heterocycles. The van der Waals surface area contributed by atoms with Crippen molar-refractivity contribution in [1.82, 2.24) is 15.5 Å². The van der Waals surface area contributed by atoms with Gasteiger partial charge in [0, 0.05) is 17.2 Å². The van der Waals surface area contributed by atoms with E-state index in [2.05, 4.69) is 21.6 Å². The molecule has 2 N–H and O–H groups in total. The number of aromatic amines is 1. The highest BCUT2D eigenvalue weighted by Gasteiger charge is 2.26. The first kappa shape index (κ1) is 15.2. The molecule has 0 radical (unpaired) electrons. The Hall–Kier alpha value is -2.30. The Balaban J connectivity index is 1.59. The molecular formula is C19H23N3O2. The van der Waals surface area contributed by atoms with Crippen LogP contribution in [-0.2, 0) is 12.8 Å². The minimum absolute atomic E-state index is 0.00684. The molecule has 1 fully saturated rings. The second-order valence-electron chi connectivity index (χ2n) is 6.76. The number of carbonyl (C=O) groups excluding carboxylic acids is 1. The van der Waals surface area contributed by atoms with Gasteiger partial charge in [-0.2, -0.15) is 5.10 Å². The summed E-state index contributed by atoms with van der Waals surface area (Å²) in [6.45, 7) is 0. The van der Waals surface area contributed by atoms with Crippen LogP contribution in [0.4, 0.5) is 0 Å². The summed E-state index contributed by atoms with van der Waals surface area (Å²) in [6, 6.07) is 6.36. The van der Waals surface area contributed by atoms with Gasteiger partial charge in [-0.15, -0.1) is 0 Å². The van der Waals surface area contributed by atoms with Gasteiger partial charge in [0.15, 0.2) is 0 Å².